The summed E-state index contributed by atoms with van der Waals surface area (Å²) in [6, 6.07) is 11.2. The molecule has 0 bridgehead atoms. The van der Waals surface area contributed by atoms with Crippen LogP contribution in [-0.4, -0.2) is 24.7 Å². The van der Waals surface area contributed by atoms with E-state index < -0.39 is 0 Å². The van der Waals surface area contributed by atoms with Crippen molar-refractivity contribution in [3.8, 4) is 11.1 Å². The minimum Gasteiger partial charge on any atom is -0.465 e. The van der Waals surface area contributed by atoms with Gasteiger partial charge in [0.1, 0.15) is 0 Å². The van der Waals surface area contributed by atoms with Crippen molar-refractivity contribution >= 4 is 5.97 Å². The SMILES string of the molecule is CCOCc1cc(-c2cccc(C(=O)OC)c2)ccn1. The minimum atomic E-state index is -0.338. The largest absolute Gasteiger partial charge is 0.465 e. The Kier molecular flexibility index (Phi) is 4.85. The third kappa shape index (κ3) is 3.42. The van der Waals surface area contributed by atoms with Gasteiger partial charge in [-0.25, -0.2) is 4.79 Å². The summed E-state index contributed by atoms with van der Waals surface area (Å²) in [7, 11) is 1.38. The highest BCUT2D eigenvalue weighted by atomic mass is 16.5. The highest BCUT2D eigenvalue weighted by Crippen LogP contribution is 2.21. The molecule has 2 rings (SSSR count). The van der Waals surface area contributed by atoms with E-state index in [9.17, 15) is 4.79 Å². The molecule has 0 N–H and O–H groups in total. The molecule has 0 radical (unpaired) electrons. The Morgan fingerprint density at radius 1 is 1.20 bits per heavy atom. The number of aromatic nitrogens is 1. The van der Waals surface area contributed by atoms with Gasteiger partial charge in [0.2, 0.25) is 0 Å². The van der Waals surface area contributed by atoms with Gasteiger partial charge in [-0.05, 0) is 42.3 Å². The standard InChI is InChI=1S/C16H17NO3/c1-3-20-11-15-10-13(7-8-17-15)12-5-4-6-14(9-12)16(18)19-2/h4-10H,3,11H2,1-2H3. The molecule has 1 aromatic heterocycles. The van der Waals surface area contributed by atoms with E-state index in [1.54, 1.807) is 12.3 Å². The van der Waals surface area contributed by atoms with Gasteiger partial charge >= 0.3 is 5.97 Å². The summed E-state index contributed by atoms with van der Waals surface area (Å²) in [5.41, 5.74) is 3.36. The van der Waals surface area contributed by atoms with Crippen molar-refractivity contribution in [2.24, 2.45) is 0 Å². The number of rotatable bonds is 5. The Morgan fingerprint density at radius 3 is 2.75 bits per heavy atom. The van der Waals surface area contributed by atoms with Gasteiger partial charge in [0.05, 0.1) is 25.0 Å². The molecule has 4 heteroatoms. The minimum absolute atomic E-state index is 0.338. The molecule has 1 heterocycles. The van der Waals surface area contributed by atoms with Crippen molar-refractivity contribution in [2.45, 2.75) is 13.5 Å². The lowest BCUT2D eigenvalue weighted by atomic mass is 10.0. The van der Waals surface area contributed by atoms with Crippen LogP contribution in [0.25, 0.3) is 11.1 Å². The molecule has 0 atom stereocenters. The fraction of sp³-hybridized carbons (Fsp3) is 0.250. The second kappa shape index (κ2) is 6.82. The van der Waals surface area contributed by atoms with Crippen molar-refractivity contribution in [1.82, 2.24) is 4.98 Å². The van der Waals surface area contributed by atoms with E-state index >= 15 is 0 Å². The second-order valence-electron chi connectivity index (χ2n) is 4.25. The van der Waals surface area contributed by atoms with Gasteiger partial charge < -0.3 is 9.47 Å². The molecule has 4 nitrogen and oxygen atoms in total. The third-order valence-electron chi connectivity index (χ3n) is 2.89. The summed E-state index contributed by atoms with van der Waals surface area (Å²) in [6.45, 7) is 3.09. The summed E-state index contributed by atoms with van der Waals surface area (Å²) >= 11 is 0. The molecule has 0 aliphatic carbocycles. The third-order valence-corrected chi connectivity index (χ3v) is 2.89. The Bertz CT molecular complexity index is 596. The van der Waals surface area contributed by atoms with E-state index in [-0.39, 0.29) is 5.97 Å². The van der Waals surface area contributed by atoms with E-state index in [1.165, 1.54) is 7.11 Å². The molecule has 0 saturated carbocycles. The van der Waals surface area contributed by atoms with Crippen molar-refractivity contribution in [1.29, 1.82) is 0 Å². The van der Waals surface area contributed by atoms with Gasteiger partial charge in [-0.3, -0.25) is 4.98 Å². The zero-order valence-corrected chi connectivity index (χ0v) is 11.6. The number of methoxy groups -OCH3 is 1. The first-order valence-electron chi connectivity index (χ1n) is 6.46. The first-order chi connectivity index (χ1) is 9.74. The lowest BCUT2D eigenvalue weighted by molar-refractivity contribution is 0.0601. The summed E-state index contributed by atoms with van der Waals surface area (Å²) in [5.74, 6) is -0.338. The van der Waals surface area contributed by atoms with Gasteiger partial charge in [-0.2, -0.15) is 0 Å². The maximum absolute atomic E-state index is 11.6. The highest BCUT2D eigenvalue weighted by Gasteiger charge is 2.07. The Balaban J connectivity index is 2.29. The maximum Gasteiger partial charge on any atom is 0.337 e. The van der Waals surface area contributed by atoms with Gasteiger partial charge in [-0.1, -0.05) is 12.1 Å². The van der Waals surface area contributed by atoms with Crippen LogP contribution in [0.4, 0.5) is 0 Å². The molecule has 0 aliphatic rings. The Labute approximate surface area is 118 Å². The molecule has 0 saturated heterocycles. The number of esters is 1. The summed E-state index contributed by atoms with van der Waals surface area (Å²) in [6.07, 6.45) is 1.74. The quantitative estimate of drug-likeness (QED) is 0.784. The van der Waals surface area contributed by atoms with Crippen LogP contribution in [0, 0.1) is 0 Å². The second-order valence-corrected chi connectivity index (χ2v) is 4.25. The molecule has 0 spiro atoms. The predicted molar refractivity (Wildman–Crippen MR) is 76.3 cm³/mol. The average Bonchev–Trinajstić information content (AvgIpc) is 2.52. The molecule has 0 amide bonds. The Morgan fingerprint density at radius 2 is 2.00 bits per heavy atom. The average molecular weight is 271 g/mol. The lowest BCUT2D eigenvalue weighted by Crippen LogP contribution is -2.01. The maximum atomic E-state index is 11.6. The van der Waals surface area contributed by atoms with E-state index in [0.717, 1.165) is 16.8 Å². The number of pyridine rings is 1. The molecule has 104 valence electrons. The van der Waals surface area contributed by atoms with E-state index in [4.69, 9.17) is 9.47 Å². The number of nitrogens with zero attached hydrogens (tertiary/aromatic N) is 1. The molecule has 0 fully saturated rings. The lowest BCUT2D eigenvalue weighted by Gasteiger charge is -2.06. The van der Waals surface area contributed by atoms with Crippen LogP contribution in [0.3, 0.4) is 0 Å². The predicted octanol–water partition coefficient (Wildman–Crippen LogP) is 3.07. The molecule has 2 aromatic rings. The smallest absolute Gasteiger partial charge is 0.337 e. The van der Waals surface area contributed by atoms with Gasteiger partial charge in [0, 0.05) is 12.8 Å². The first-order valence-corrected chi connectivity index (χ1v) is 6.46. The number of hydrogen-bond donors (Lipinski definition) is 0. The summed E-state index contributed by atoms with van der Waals surface area (Å²) < 4.78 is 10.1. The molecular weight excluding hydrogens is 254 g/mol. The van der Waals surface area contributed by atoms with Crippen LogP contribution < -0.4 is 0 Å². The number of benzene rings is 1. The fourth-order valence-electron chi connectivity index (χ4n) is 1.89. The van der Waals surface area contributed by atoms with Crippen LogP contribution in [-0.2, 0) is 16.1 Å². The summed E-state index contributed by atoms with van der Waals surface area (Å²) in [4.78, 5) is 15.8. The van der Waals surface area contributed by atoms with E-state index in [1.807, 2.05) is 37.3 Å². The number of ether oxygens (including phenoxy) is 2. The number of carbonyl (C=O) groups excluding carboxylic acids is 1. The summed E-state index contributed by atoms with van der Waals surface area (Å²) in [5, 5.41) is 0. The zero-order chi connectivity index (χ0) is 14.4. The van der Waals surface area contributed by atoms with Crippen LogP contribution in [0.2, 0.25) is 0 Å². The fourth-order valence-corrected chi connectivity index (χ4v) is 1.89. The molecule has 20 heavy (non-hydrogen) atoms. The van der Waals surface area contributed by atoms with Crippen molar-refractivity contribution in [2.75, 3.05) is 13.7 Å². The van der Waals surface area contributed by atoms with Crippen LogP contribution in [0.5, 0.6) is 0 Å². The van der Waals surface area contributed by atoms with E-state index in [2.05, 4.69) is 4.98 Å². The van der Waals surface area contributed by atoms with Crippen LogP contribution in [0.1, 0.15) is 23.0 Å². The zero-order valence-electron chi connectivity index (χ0n) is 11.6. The molecular formula is C16H17NO3. The number of carbonyl (C=O) groups is 1. The van der Waals surface area contributed by atoms with Gasteiger partial charge in [0.15, 0.2) is 0 Å². The van der Waals surface area contributed by atoms with Gasteiger partial charge in [-0.15, -0.1) is 0 Å². The van der Waals surface area contributed by atoms with E-state index in [0.29, 0.717) is 18.8 Å². The van der Waals surface area contributed by atoms with Crippen molar-refractivity contribution < 1.29 is 14.3 Å². The molecule has 0 aliphatic heterocycles. The Hall–Kier alpha value is -2.20. The van der Waals surface area contributed by atoms with Crippen molar-refractivity contribution in [3.05, 3.63) is 53.9 Å². The number of hydrogen-bond acceptors (Lipinski definition) is 4. The topological polar surface area (TPSA) is 48.4 Å². The van der Waals surface area contributed by atoms with Crippen molar-refractivity contribution in [3.63, 3.8) is 0 Å². The van der Waals surface area contributed by atoms with Crippen LogP contribution in [0.15, 0.2) is 42.6 Å². The van der Waals surface area contributed by atoms with Gasteiger partial charge in [0.25, 0.3) is 0 Å². The van der Waals surface area contributed by atoms with Crippen LogP contribution >= 0.6 is 0 Å². The first kappa shape index (κ1) is 14.2. The molecule has 0 unspecified atom stereocenters. The monoisotopic (exact) mass is 271 g/mol. The normalized spacial score (nSPS) is 10.3. The molecule has 1 aromatic carbocycles. The highest BCUT2D eigenvalue weighted by molar-refractivity contribution is 5.90.